The van der Waals surface area contributed by atoms with Crippen LogP contribution in [0.25, 0.3) is 5.69 Å². The maximum atomic E-state index is 11.8. The molecule has 0 radical (unpaired) electrons. The summed E-state index contributed by atoms with van der Waals surface area (Å²) < 4.78 is 3.46. The van der Waals surface area contributed by atoms with E-state index in [9.17, 15) is 4.79 Å². The van der Waals surface area contributed by atoms with Gasteiger partial charge < -0.3 is 0 Å². The van der Waals surface area contributed by atoms with Crippen LogP contribution in [0.1, 0.15) is 17.1 Å². The molecule has 5 nitrogen and oxygen atoms in total. The lowest BCUT2D eigenvalue weighted by Gasteiger charge is -2.07. The predicted molar refractivity (Wildman–Crippen MR) is 77.2 cm³/mol. The smallest absolute Gasteiger partial charge is 0.267 e. The number of aromatic nitrogens is 4. The molecule has 3 aromatic rings. The van der Waals surface area contributed by atoms with Crippen LogP contribution in [0, 0.1) is 13.8 Å². The summed E-state index contributed by atoms with van der Waals surface area (Å²) in [6.45, 7) is 4.30. The second-order valence-corrected chi connectivity index (χ2v) is 4.89. The molecular weight excluding hydrogens is 252 g/mol. The molecule has 20 heavy (non-hydrogen) atoms. The fraction of sp³-hybridized carbons (Fsp3) is 0.200. The van der Waals surface area contributed by atoms with Crippen molar-refractivity contribution in [2.45, 2.75) is 20.4 Å². The van der Waals surface area contributed by atoms with E-state index in [-0.39, 0.29) is 5.56 Å². The van der Waals surface area contributed by atoms with Crippen LogP contribution in [0.4, 0.5) is 0 Å². The summed E-state index contributed by atoms with van der Waals surface area (Å²) in [6, 6.07) is 13.5. The van der Waals surface area contributed by atoms with Crippen LogP contribution in [0.2, 0.25) is 0 Å². The Bertz CT molecular complexity index is 780. The third kappa shape index (κ3) is 2.30. The van der Waals surface area contributed by atoms with Crippen molar-refractivity contribution < 1.29 is 0 Å². The second kappa shape index (κ2) is 4.85. The quantitative estimate of drug-likeness (QED) is 0.790. The Morgan fingerprint density at radius 3 is 2.55 bits per heavy atom. The molecule has 0 saturated carbocycles. The van der Waals surface area contributed by atoms with Gasteiger partial charge in [-0.1, -0.05) is 18.2 Å². The van der Waals surface area contributed by atoms with E-state index in [4.69, 9.17) is 0 Å². The maximum Gasteiger partial charge on any atom is 0.267 e. The summed E-state index contributed by atoms with van der Waals surface area (Å²) >= 11 is 0. The van der Waals surface area contributed by atoms with Gasteiger partial charge in [0.1, 0.15) is 0 Å². The minimum Gasteiger partial charge on any atom is -0.300 e. The molecule has 0 aliphatic carbocycles. The van der Waals surface area contributed by atoms with E-state index in [1.807, 2.05) is 54.9 Å². The summed E-state index contributed by atoms with van der Waals surface area (Å²) in [5.41, 5.74) is 3.73. The number of nitrogens with zero attached hydrogens (tertiary/aromatic N) is 3. The SMILES string of the molecule is Cc1cc(Cn2[nH]c(C)cc2=O)n(-c2ccccc2)n1. The molecule has 5 heteroatoms. The van der Waals surface area contributed by atoms with Crippen molar-refractivity contribution in [1.82, 2.24) is 19.6 Å². The Morgan fingerprint density at radius 2 is 1.90 bits per heavy atom. The van der Waals surface area contributed by atoms with E-state index in [0.717, 1.165) is 22.8 Å². The maximum absolute atomic E-state index is 11.8. The number of aryl methyl sites for hydroxylation is 2. The minimum atomic E-state index is -0.0269. The molecule has 0 unspecified atom stereocenters. The van der Waals surface area contributed by atoms with Crippen LogP contribution in [0.3, 0.4) is 0 Å². The standard InChI is InChI=1S/C15H16N4O/c1-11-8-14(10-18-15(20)9-12(2)16-18)19(17-11)13-6-4-3-5-7-13/h3-9,16H,10H2,1-2H3. The number of aromatic amines is 1. The Morgan fingerprint density at radius 1 is 1.15 bits per heavy atom. The van der Waals surface area contributed by atoms with E-state index in [2.05, 4.69) is 10.2 Å². The molecule has 1 aromatic carbocycles. The zero-order valence-electron chi connectivity index (χ0n) is 11.5. The van der Waals surface area contributed by atoms with Gasteiger partial charge in [-0.2, -0.15) is 5.10 Å². The molecule has 0 atom stereocenters. The molecule has 102 valence electrons. The van der Waals surface area contributed by atoms with Crippen molar-refractivity contribution in [3.05, 3.63) is 69.9 Å². The Balaban J connectivity index is 2.02. The highest BCUT2D eigenvalue weighted by atomic mass is 16.1. The highest BCUT2D eigenvalue weighted by Gasteiger charge is 2.09. The van der Waals surface area contributed by atoms with Crippen LogP contribution < -0.4 is 5.56 Å². The summed E-state index contributed by atoms with van der Waals surface area (Å²) in [5, 5.41) is 7.54. The zero-order valence-corrected chi connectivity index (χ0v) is 11.5. The molecule has 0 aliphatic heterocycles. The molecule has 0 saturated heterocycles. The molecule has 0 amide bonds. The van der Waals surface area contributed by atoms with E-state index < -0.39 is 0 Å². The average Bonchev–Trinajstić information content (AvgIpc) is 2.94. The van der Waals surface area contributed by atoms with Gasteiger partial charge in [0.2, 0.25) is 0 Å². The van der Waals surface area contributed by atoms with Gasteiger partial charge in [-0.3, -0.25) is 9.89 Å². The first-order valence-corrected chi connectivity index (χ1v) is 6.51. The van der Waals surface area contributed by atoms with Crippen LogP contribution in [0.15, 0.2) is 47.3 Å². The molecule has 2 heterocycles. The van der Waals surface area contributed by atoms with Crippen LogP contribution >= 0.6 is 0 Å². The average molecular weight is 268 g/mol. The van der Waals surface area contributed by atoms with E-state index >= 15 is 0 Å². The topological polar surface area (TPSA) is 55.6 Å². The van der Waals surface area contributed by atoms with Gasteiger partial charge in [0.15, 0.2) is 0 Å². The van der Waals surface area contributed by atoms with Crippen LogP contribution in [-0.4, -0.2) is 19.6 Å². The Kier molecular flexibility index (Phi) is 3.02. The number of para-hydroxylation sites is 1. The number of H-pyrrole nitrogens is 1. The van der Waals surface area contributed by atoms with Crippen LogP contribution in [0.5, 0.6) is 0 Å². The Labute approximate surface area is 116 Å². The van der Waals surface area contributed by atoms with Gasteiger partial charge in [-0.05, 0) is 32.0 Å². The molecular formula is C15H16N4O. The zero-order chi connectivity index (χ0) is 14.1. The third-order valence-electron chi connectivity index (χ3n) is 3.14. The number of nitrogens with one attached hydrogen (secondary N) is 1. The van der Waals surface area contributed by atoms with E-state index in [1.54, 1.807) is 10.7 Å². The van der Waals surface area contributed by atoms with Crippen LogP contribution in [-0.2, 0) is 6.54 Å². The minimum absolute atomic E-state index is 0.0269. The highest BCUT2D eigenvalue weighted by molar-refractivity contribution is 5.33. The molecule has 0 bridgehead atoms. The first-order valence-electron chi connectivity index (χ1n) is 6.51. The molecule has 0 spiro atoms. The molecule has 1 N–H and O–H groups in total. The van der Waals surface area contributed by atoms with Crippen molar-refractivity contribution in [2.24, 2.45) is 0 Å². The normalized spacial score (nSPS) is 10.9. The highest BCUT2D eigenvalue weighted by Crippen LogP contribution is 2.13. The number of hydrogen-bond acceptors (Lipinski definition) is 2. The second-order valence-electron chi connectivity index (χ2n) is 4.89. The fourth-order valence-electron chi connectivity index (χ4n) is 2.30. The lowest BCUT2D eigenvalue weighted by Crippen LogP contribution is -2.18. The summed E-state index contributed by atoms with van der Waals surface area (Å²) in [7, 11) is 0. The Hall–Kier alpha value is -2.56. The van der Waals surface area contributed by atoms with Gasteiger partial charge in [-0.25, -0.2) is 9.36 Å². The number of benzene rings is 1. The van der Waals surface area contributed by atoms with Gasteiger partial charge in [-0.15, -0.1) is 0 Å². The summed E-state index contributed by atoms with van der Waals surface area (Å²) in [4.78, 5) is 11.8. The fourth-order valence-corrected chi connectivity index (χ4v) is 2.30. The van der Waals surface area contributed by atoms with Crippen molar-refractivity contribution in [1.29, 1.82) is 0 Å². The van der Waals surface area contributed by atoms with Gasteiger partial charge in [0.05, 0.1) is 23.6 Å². The number of rotatable bonds is 3. The van der Waals surface area contributed by atoms with Gasteiger partial charge >= 0.3 is 0 Å². The third-order valence-corrected chi connectivity index (χ3v) is 3.14. The largest absolute Gasteiger partial charge is 0.300 e. The summed E-state index contributed by atoms with van der Waals surface area (Å²) in [5.74, 6) is 0. The van der Waals surface area contributed by atoms with E-state index in [1.165, 1.54) is 0 Å². The van der Waals surface area contributed by atoms with Gasteiger partial charge in [0, 0.05) is 11.8 Å². The van der Waals surface area contributed by atoms with E-state index in [0.29, 0.717) is 6.54 Å². The number of hydrogen-bond donors (Lipinski definition) is 1. The van der Waals surface area contributed by atoms with Gasteiger partial charge in [0.25, 0.3) is 5.56 Å². The molecule has 0 aliphatic rings. The van der Waals surface area contributed by atoms with Crippen molar-refractivity contribution in [3.63, 3.8) is 0 Å². The first-order chi connectivity index (χ1) is 9.63. The first kappa shape index (κ1) is 12.5. The van der Waals surface area contributed by atoms with Crippen molar-refractivity contribution >= 4 is 0 Å². The summed E-state index contributed by atoms with van der Waals surface area (Å²) in [6.07, 6.45) is 0. The lowest BCUT2D eigenvalue weighted by atomic mass is 10.3. The predicted octanol–water partition coefficient (Wildman–Crippen LogP) is 2.03. The molecule has 0 fully saturated rings. The van der Waals surface area contributed by atoms with Crippen molar-refractivity contribution in [3.8, 4) is 5.69 Å². The molecule has 2 aromatic heterocycles. The lowest BCUT2D eigenvalue weighted by molar-refractivity contribution is 0.625. The van der Waals surface area contributed by atoms with Crippen molar-refractivity contribution in [2.75, 3.05) is 0 Å². The molecule has 3 rings (SSSR count). The monoisotopic (exact) mass is 268 g/mol.